The lowest BCUT2D eigenvalue weighted by Gasteiger charge is -2.37. The highest BCUT2D eigenvalue weighted by Gasteiger charge is 2.30. The van der Waals surface area contributed by atoms with E-state index in [1.165, 1.54) is 103 Å². The molecule has 0 unspecified atom stereocenters. The van der Waals surface area contributed by atoms with E-state index >= 15 is 0 Å². The van der Waals surface area contributed by atoms with E-state index in [-0.39, 0.29) is 0 Å². The van der Waals surface area contributed by atoms with Crippen LogP contribution in [0.5, 0.6) is 0 Å². The summed E-state index contributed by atoms with van der Waals surface area (Å²) in [7, 11) is 0. The normalized spacial score (nSPS) is 31.2. The topological polar surface area (TPSA) is 9.23 Å². The summed E-state index contributed by atoms with van der Waals surface area (Å²) in [6.07, 6.45) is 23.7. The van der Waals surface area contributed by atoms with Crippen LogP contribution in [0.2, 0.25) is 0 Å². The smallest absolute Gasteiger partial charge is 0.0575 e. The monoisotopic (exact) mass is 336 g/mol. The molecule has 2 saturated carbocycles. The maximum absolute atomic E-state index is 5.96. The second kappa shape index (κ2) is 12.3. The van der Waals surface area contributed by atoms with Gasteiger partial charge >= 0.3 is 0 Å². The molecule has 2 fully saturated rings. The summed E-state index contributed by atoms with van der Waals surface area (Å²) in [6.45, 7) is 5.50. The fraction of sp³-hybridized carbons (Fsp3) is 1.00. The minimum atomic E-state index is 0.588. The second-order valence-electron chi connectivity index (χ2n) is 8.74. The zero-order valence-electron chi connectivity index (χ0n) is 16.7. The molecule has 0 radical (unpaired) electrons. The molecule has 1 nitrogen and oxygen atoms in total. The van der Waals surface area contributed by atoms with Gasteiger partial charge in [-0.05, 0) is 62.7 Å². The molecule has 2 aliphatic carbocycles. The van der Waals surface area contributed by atoms with Crippen LogP contribution < -0.4 is 0 Å². The number of unbranched alkanes of at least 4 members (excludes halogenated alkanes) is 5. The average Bonchev–Trinajstić information content (AvgIpc) is 2.64. The van der Waals surface area contributed by atoms with Gasteiger partial charge in [-0.3, -0.25) is 0 Å². The molecule has 142 valence electrons. The van der Waals surface area contributed by atoms with Gasteiger partial charge in [-0.25, -0.2) is 0 Å². The Kier molecular flexibility index (Phi) is 10.4. The fourth-order valence-corrected chi connectivity index (χ4v) is 5.17. The molecule has 0 atom stereocenters. The first kappa shape index (κ1) is 20.3. The van der Waals surface area contributed by atoms with Gasteiger partial charge < -0.3 is 4.74 Å². The Bertz CT molecular complexity index is 284. The average molecular weight is 337 g/mol. The van der Waals surface area contributed by atoms with Crippen LogP contribution in [0.25, 0.3) is 0 Å². The van der Waals surface area contributed by atoms with Crippen molar-refractivity contribution in [3.05, 3.63) is 0 Å². The van der Waals surface area contributed by atoms with Gasteiger partial charge in [0, 0.05) is 6.61 Å². The standard InChI is InChI=1S/C23H44O/c1-3-5-6-7-8-9-10-20-11-13-21(14-12-20)22-15-17-23(18-16-22)24-19-4-2/h20-23H,3-19H2,1-2H3/t20-,21-,22-,23-. The summed E-state index contributed by atoms with van der Waals surface area (Å²) in [5.74, 6) is 3.15. The van der Waals surface area contributed by atoms with Crippen molar-refractivity contribution in [1.82, 2.24) is 0 Å². The summed E-state index contributed by atoms with van der Waals surface area (Å²) in [6, 6.07) is 0. The van der Waals surface area contributed by atoms with Crippen molar-refractivity contribution >= 4 is 0 Å². The minimum absolute atomic E-state index is 0.588. The van der Waals surface area contributed by atoms with Crippen LogP contribution in [0.1, 0.15) is 117 Å². The highest BCUT2D eigenvalue weighted by Crippen LogP contribution is 2.41. The SMILES string of the molecule is CCCCCCCC[C@H]1CC[C@H]([C@H]2CC[C@H](OCCC)CC2)CC1. The summed E-state index contributed by atoms with van der Waals surface area (Å²) < 4.78 is 5.96. The molecule has 1 heteroatoms. The van der Waals surface area contributed by atoms with Gasteiger partial charge in [-0.15, -0.1) is 0 Å². The molecule has 0 amide bonds. The lowest BCUT2D eigenvalue weighted by Crippen LogP contribution is -2.28. The third-order valence-electron chi connectivity index (χ3n) is 6.80. The quantitative estimate of drug-likeness (QED) is 0.354. The molecule has 0 aromatic heterocycles. The molecule has 0 heterocycles. The van der Waals surface area contributed by atoms with Gasteiger partial charge in [0.15, 0.2) is 0 Å². The lowest BCUT2D eigenvalue weighted by atomic mass is 9.70. The predicted molar refractivity (Wildman–Crippen MR) is 105 cm³/mol. The molecule has 0 saturated heterocycles. The van der Waals surface area contributed by atoms with E-state index < -0.39 is 0 Å². The third-order valence-corrected chi connectivity index (χ3v) is 6.80. The molecule has 0 spiro atoms. The number of hydrogen-bond acceptors (Lipinski definition) is 1. The van der Waals surface area contributed by atoms with Crippen LogP contribution in [0.15, 0.2) is 0 Å². The molecule has 0 aromatic rings. The van der Waals surface area contributed by atoms with Crippen LogP contribution in [-0.2, 0) is 4.74 Å². The molecule has 2 aliphatic rings. The molecular weight excluding hydrogens is 292 g/mol. The van der Waals surface area contributed by atoms with Crippen molar-refractivity contribution < 1.29 is 4.74 Å². The Hall–Kier alpha value is -0.0400. The Morgan fingerprint density at radius 1 is 0.625 bits per heavy atom. The third kappa shape index (κ3) is 7.46. The zero-order valence-corrected chi connectivity index (χ0v) is 16.7. The van der Waals surface area contributed by atoms with E-state index in [4.69, 9.17) is 4.74 Å². The van der Waals surface area contributed by atoms with Crippen molar-refractivity contribution in [3.63, 3.8) is 0 Å². The molecule has 0 aromatic carbocycles. The first-order valence-electron chi connectivity index (χ1n) is 11.4. The number of ether oxygens (including phenoxy) is 1. The summed E-state index contributed by atoms with van der Waals surface area (Å²) in [5.41, 5.74) is 0. The molecule has 0 aliphatic heterocycles. The van der Waals surface area contributed by atoms with E-state index in [1.807, 2.05) is 0 Å². The first-order chi connectivity index (χ1) is 11.8. The van der Waals surface area contributed by atoms with Gasteiger partial charge in [-0.2, -0.15) is 0 Å². The Morgan fingerprint density at radius 3 is 1.83 bits per heavy atom. The van der Waals surface area contributed by atoms with E-state index in [2.05, 4.69) is 13.8 Å². The van der Waals surface area contributed by atoms with Crippen molar-refractivity contribution in [2.24, 2.45) is 17.8 Å². The van der Waals surface area contributed by atoms with Gasteiger partial charge in [0.25, 0.3) is 0 Å². The van der Waals surface area contributed by atoms with Crippen LogP contribution in [0, 0.1) is 17.8 Å². The van der Waals surface area contributed by atoms with Gasteiger partial charge in [0.05, 0.1) is 6.10 Å². The van der Waals surface area contributed by atoms with Crippen molar-refractivity contribution in [1.29, 1.82) is 0 Å². The van der Waals surface area contributed by atoms with Gasteiger partial charge in [0.1, 0.15) is 0 Å². The maximum atomic E-state index is 5.96. The number of rotatable bonds is 11. The minimum Gasteiger partial charge on any atom is -0.378 e. The largest absolute Gasteiger partial charge is 0.378 e. The molecule has 2 rings (SSSR count). The van der Waals surface area contributed by atoms with Crippen LogP contribution in [0.3, 0.4) is 0 Å². The molecule has 0 bridgehead atoms. The van der Waals surface area contributed by atoms with Crippen LogP contribution >= 0.6 is 0 Å². The summed E-state index contributed by atoms with van der Waals surface area (Å²) >= 11 is 0. The van der Waals surface area contributed by atoms with E-state index in [9.17, 15) is 0 Å². The zero-order chi connectivity index (χ0) is 17.0. The van der Waals surface area contributed by atoms with E-state index in [1.54, 1.807) is 0 Å². The Labute approximate surface area is 152 Å². The fourth-order valence-electron chi connectivity index (χ4n) is 5.17. The molecule has 0 N–H and O–H groups in total. The van der Waals surface area contributed by atoms with Crippen molar-refractivity contribution in [2.45, 2.75) is 123 Å². The Morgan fingerprint density at radius 2 is 1.21 bits per heavy atom. The summed E-state index contributed by atoms with van der Waals surface area (Å²) in [5, 5.41) is 0. The van der Waals surface area contributed by atoms with Gasteiger partial charge in [0.2, 0.25) is 0 Å². The van der Waals surface area contributed by atoms with E-state index in [0.717, 1.165) is 24.4 Å². The van der Waals surface area contributed by atoms with Crippen LogP contribution in [-0.4, -0.2) is 12.7 Å². The highest BCUT2D eigenvalue weighted by atomic mass is 16.5. The second-order valence-corrected chi connectivity index (χ2v) is 8.74. The number of hydrogen-bond donors (Lipinski definition) is 0. The van der Waals surface area contributed by atoms with E-state index in [0.29, 0.717) is 6.10 Å². The highest BCUT2D eigenvalue weighted by molar-refractivity contribution is 4.82. The first-order valence-corrected chi connectivity index (χ1v) is 11.4. The molecule has 24 heavy (non-hydrogen) atoms. The van der Waals surface area contributed by atoms with Crippen LogP contribution in [0.4, 0.5) is 0 Å². The lowest BCUT2D eigenvalue weighted by molar-refractivity contribution is 0.00726. The predicted octanol–water partition coefficient (Wildman–Crippen LogP) is 7.53. The molecular formula is C23H44O. The van der Waals surface area contributed by atoms with Crippen molar-refractivity contribution in [3.8, 4) is 0 Å². The van der Waals surface area contributed by atoms with Gasteiger partial charge in [-0.1, -0.05) is 71.6 Å². The maximum Gasteiger partial charge on any atom is 0.0575 e. The Balaban J connectivity index is 1.52. The van der Waals surface area contributed by atoms with Crippen molar-refractivity contribution in [2.75, 3.05) is 6.61 Å². The summed E-state index contributed by atoms with van der Waals surface area (Å²) in [4.78, 5) is 0.